The van der Waals surface area contributed by atoms with Crippen LogP contribution < -0.4 is 15.0 Å². The van der Waals surface area contributed by atoms with Crippen molar-refractivity contribution in [2.45, 2.75) is 45.3 Å². The Labute approximate surface area is 131 Å². The lowest BCUT2D eigenvalue weighted by Gasteiger charge is -2.34. The first-order chi connectivity index (χ1) is 10.4. The van der Waals surface area contributed by atoms with E-state index in [1.165, 1.54) is 0 Å². The number of hydrogen-bond acceptors (Lipinski definition) is 5. The number of amides is 1. The summed E-state index contributed by atoms with van der Waals surface area (Å²) in [5.41, 5.74) is 0.621. The lowest BCUT2D eigenvalue weighted by Crippen LogP contribution is -2.46. The molecule has 6 nitrogen and oxygen atoms in total. The van der Waals surface area contributed by atoms with Gasteiger partial charge in [0.2, 0.25) is 5.88 Å². The molecule has 0 aliphatic carbocycles. The van der Waals surface area contributed by atoms with E-state index in [9.17, 15) is 4.79 Å². The number of ether oxygens (including phenoxy) is 2. The molecule has 22 heavy (non-hydrogen) atoms. The minimum atomic E-state index is -0.459. The monoisotopic (exact) mass is 307 g/mol. The zero-order chi connectivity index (χ0) is 16.2. The number of pyridine rings is 1. The molecule has 122 valence electrons. The second-order valence-corrected chi connectivity index (χ2v) is 6.47. The highest BCUT2D eigenvalue weighted by atomic mass is 16.6. The van der Waals surface area contributed by atoms with E-state index in [4.69, 9.17) is 9.47 Å². The second-order valence-electron chi connectivity index (χ2n) is 6.47. The molecule has 0 atom stereocenters. The van der Waals surface area contributed by atoms with Gasteiger partial charge in [-0.3, -0.25) is 0 Å². The molecule has 1 aliphatic rings. The zero-order valence-electron chi connectivity index (χ0n) is 13.8. The Kier molecular flexibility index (Phi) is 5.11. The summed E-state index contributed by atoms with van der Waals surface area (Å²) < 4.78 is 10.4. The number of aromatic nitrogens is 1. The van der Waals surface area contributed by atoms with E-state index in [-0.39, 0.29) is 12.1 Å². The first-order valence-corrected chi connectivity index (χ1v) is 7.62. The van der Waals surface area contributed by atoms with Crippen LogP contribution in [0.1, 0.15) is 33.6 Å². The van der Waals surface area contributed by atoms with Gasteiger partial charge in [0.05, 0.1) is 19.0 Å². The van der Waals surface area contributed by atoms with Crippen molar-refractivity contribution in [3.8, 4) is 5.88 Å². The summed E-state index contributed by atoms with van der Waals surface area (Å²) in [6, 6.07) is 4.03. The van der Waals surface area contributed by atoms with Crippen LogP contribution in [-0.4, -0.2) is 42.9 Å². The van der Waals surface area contributed by atoms with Gasteiger partial charge in [-0.1, -0.05) is 0 Å². The van der Waals surface area contributed by atoms with Crippen molar-refractivity contribution in [1.82, 2.24) is 10.3 Å². The summed E-state index contributed by atoms with van der Waals surface area (Å²) >= 11 is 0. The maximum Gasteiger partial charge on any atom is 0.407 e. The number of nitrogens with zero attached hydrogens (tertiary/aromatic N) is 2. The van der Waals surface area contributed by atoms with E-state index in [2.05, 4.69) is 15.2 Å². The van der Waals surface area contributed by atoms with Crippen LogP contribution in [0.15, 0.2) is 18.3 Å². The summed E-state index contributed by atoms with van der Waals surface area (Å²) in [5.74, 6) is 0.616. The van der Waals surface area contributed by atoms with Gasteiger partial charge in [-0.2, -0.15) is 0 Å². The molecule has 1 amide bonds. The molecule has 1 aromatic heterocycles. The SMILES string of the molecule is COc1ccc(N2CCC(NC(=O)OC(C)(C)C)CC2)cn1. The van der Waals surface area contributed by atoms with Gasteiger partial charge in [0, 0.05) is 25.2 Å². The van der Waals surface area contributed by atoms with Gasteiger partial charge >= 0.3 is 6.09 Å². The average Bonchev–Trinajstić information content (AvgIpc) is 2.46. The van der Waals surface area contributed by atoms with Gasteiger partial charge in [0.15, 0.2) is 0 Å². The molecule has 2 heterocycles. The summed E-state index contributed by atoms with van der Waals surface area (Å²) in [5, 5.41) is 2.94. The Morgan fingerprint density at radius 1 is 1.32 bits per heavy atom. The fourth-order valence-electron chi connectivity index (χ4n) is 2.44. The van der Waals surface area contributed by atoms with Crippen molar-refractivity contribution in [1.29, 1.82) is 0 Å². The van der Waals surface area contributed by atoms with Gasteiger partial charge in [0.1, 0.15) is 5.60 Å². The Hall–Kier alpha value is -1.98. The second kappa shape index (κ2) is 6.85. The molecule has 1 aromatic rings. The smallest absolute Gasteiger partial charge is 0.407 e. The Morgan fingerprint density at radius 3 is 2.50 bits per heavy atom. The van der Waals surface area contributed by atoms with Crippen LogP contribution in [0.4, 0.5) is 10.5 Å². The molecular formula is C16H25N3O3. The van der Waals surface area contributed by atoms with Crippen molar-refractivity contribution in [2.24, 2.45) is 0 Å². The molecule has 2 rings (SSSR count). The van der Waals surface area contributed by atoms with Crippen LogP contribution in [0.3, 0.4) is 0 Å². The van der Waals surface area contributed by atoms with Crippen molar-refractivity contribution in [2.75, 3.05) is 25.1 Å². The third-order valence-corrected chi connectivity index (χ3v) is 3.51. The van der Waals surface area contributed by atoms with Crippen LogP contribution in [-0.2, 0) is 4.74 Å². The number of nitrogens with one attached hydrogen (secondary N) is 1. The summed E-state index contributed by atoms with van der Waals surface area (Å²) in [6.45, 7) is 7.37. The number of anilines is 1. The van der Waals surface area contributed by atoms with Crippen LogP contribution in [0.5, 0.6) is 5.88 Å². The molecule has 1 aliphatic heterocycles. The third kappa shape index (κ3) is 4.79. The molecule has 0 bridgehead atoms. The van der Waals surface area contributed by atoms with Gasteiger partial charge in [-0.15, -0.1) is 0 Å². The van der Waals surface area contributed by atoms with Gasteiger partial charge in [-0.25, -0.2) is 9.78 Å². The highest BCUT2D eigenvalue weighted by Gasteiger charge is 2.23. The van der Waals surface area contributed by atoms with Crippen molar-refractivity contribution >= 4 is 11.8 Å². The lowest BCUT2D eigenvalue weighted by atomic mass is 10.0. The largest absolute Gasteiger partial charge is 0.481 e. The molecule has 1 fully saturated rings. The van der Waals surface area contributed by atoms with Crippen LogP contribution >= 0.6 is 0 Å². The van der Waals surface area contributed by atoms with Crippen molar-refractivity contribution in [3.63, 3.8) is 0 Å². The molecule has 6 heteroatoms. The molecule has 0 spiro atoms. The third-order valence-electron chi connectivity index (χ3n) is 3.51. The highest BCUT2D eigenvalue weighted by molar-refractivity contribution is 5.68. The van der Waals surface area contributed by atoms with Crippen LogP contribution in [0.25, 0.3) is 0 Å². The maximum absolute atomic E-state index is 11.8. The fraction of sp³-hybridized carbons (Fsp3) is 0.625. The topological polar surface area (TPSA) is 63.7 Å². The fourth-order valence-corrected chi connectivity index (χ4v) is 2.44. The van der Waals surface area contributed by atoms with Crippen LogP contribution in [0.2, 0.25) is 0 Å². The predicted octanol–water partition coefficient (Wildman–Crippen LogP) is 2.58. The molecule has 0 saturated carbocycles. The van der Waals surface area contributed by atoms with Crippen molar-refractivity contribution < 1.29 is 14.3 Å². The molecule has 1 saturated heterocycles. The number of carbonyl (C=O) groups is 1. The predicted molar refractivity (Wildman–Crippen MR) is 85.4 cm³/mol. The summed E-state index contributed by atoms with van der Waals surface area (Å²) in [6.07, 6.45) is 3.27. The molecule has 1 N–H and O–H groups in total. The first-order valence-electron chi connectivity index (χ1n) is 7.62. The minimum Gasteiger partial charge on any atom is -0.481 e. The van der Waals surface area contributed by atoms with E-state index < -0.39 is 5.60 Å². The van der Waals surface area contributed by atoms with E-state index >= 15 is 0 Å². The van der Waals surface area contributed by atoms with E-state index in [0.29, 0.717) is 5.88 Å². The average molecular weight is 307 g/mol. The van der Waals surface area contributed by atoms with Crippen LogP contribution in [0, 0.1) is 0 Å². The van der Waals surface area contributed by atoms with Crippen molar-refractivity contribution in [3.05, 3.63) is 18.3 Å². The van der Waals surface area contributed by atoms with Gasteiger partial charge in [-0.05, 0) is 39.7 Å². The number of hydrogen-bond donors (Lipinski definition) is 1. The number of rotatable bonds is 3. The zero-order valence-corrected chi connectivity index (χ0v) is 13.8. The van der Waals surface area contributed by atoms with E-state index in [1.807, 2.05) is 39.1 Å². The maximum atomic E-state index is 11.8. The van der Waals surface area contributed by atoms with E-state index in [0.717, 1.165) is 31.6 Å². The first kappa shape index (κ1) is 16.4. The molecule has 0 radical (unpaired) electrons. The summed E-state index contributed by atoms with van der Waals surface area (Å²) in [7, 11) is 1.61. The Morgan fingerprint density at radius 2 is 2.00 bits per heavy atom. The normalized spacial score (nSPS) is 16.3. The number of carbonyl (C=O) groups excluding carboxylic acids is 1. The van der Waals surface area contributed by atoms with Gasteiger partial charge in [0.25, 0.3) is 0 Å². The number of alkyl carbamates (subject to hydrolysis) is 1. The minimum absolute atomic E-state index is 0.164. The quantitative estimate of drug-likeness (QED) is 0.930. The highest BCUT2D eigenvalue weighted by Crippen LogP contribution is 2.21. The Bertz CT molecular complexity index is 488. The number of methoxy groups -OCH3 is 1. The lowest BCUT2D eigenvalue weighted by molar-refractivity contribution is 0.0497. The van der Waals surface area contributed by atoms with Gasteiger partial charge < -0.3 is 19.7 Å². The van der Waals surface area contributed by atoms with E-state index in [1.54, 1.807) is 7.11 Å². The molecule has 0 aromatic carbocycles. The standard InChI is InChI=1S/C16H25N3O3/c1-16(2,3)22-15(20)18-12-7-9-19(10-8-12)13-5-6-14(21-4)17-11-13/h5-6,11-12H,7-10H2,1-4H3,(H,18,20). The molecule has 0 unspecified atom stereocenters. The molecular weight excluding hydrogens is 282 g/mol. The number of piperidine rings is 1. The Balaban J connectivity index is 1.81. The summed E-state index contributed by atoms with van der Waals surface area (Å²) in [4.78, 5) is 18.3.